The minimum absolute atomic E-state index is 0.0646. The highest BCUT2D eigenvalue weighted by molar-refractivity contribution is 6.30. The first kappa shape index (κ1) is 17.8. The summed E-state index contributed by atoms with van der Waals surface area (Å²) in [6.45, 7) is 4.92. The molecule has 2 fully saturated rings. The average molecular weight is 368 g/mol. The van der Waals surface area contributed by atoms with Crippen LogP contribution >= 0.6 is 11.6 Å². The predicted octanol–water partition coefficient (Wildman–Crippen LogP) is 5.63. The molecular weight excluding hydrogens is 342 g/mol. The quantitative estimate of drug-likeness (QED) is 0.613. The van der Waals surface area contributed by atoms with Crippen LogP contribution in [0.5, 0.6) is 0 Å². The molecule has 3 heteroatoms. The minimum Gasteiger partial charge on any atom is -0.365 e. The van der Waals surface area contributed by atoms with Gasteiger partial charge >= 0.3 is 0 Å². The summed E-state index contributed by atoms with van der Waals surface area (Å²) in [6.07, 6.45) is 7.04. The Balaban J connectivity index is 1.56. The molecule has 0 aliphatic carbocycles. The maximum Gasteiger partial charge on any atom is 0.108 e. The molecule has 2 aromatic carbocycles. The van der Waals surface area contributed by atoms with Crippen molar-refractivity contribution in [1.29, 1.82) is 0 Å². The number of hydrogen-bond acceptors (Lipinski definition) is 2. The number of piperidine rings is 1. The zero-order chi connectivity index (χ0) is 17.9. The molecular formula is C23H26ClNO. The molecule has 0 saturated carbocycles. The molecule has 2 unspecified atom stereocenters. The van der Waals surface area contributed by atoms with Crippen molar-refractivity contribution in [3.63, 3.8) is 0 Å². The summed E-state index contributed by atoms with van der Waals surface area (Å²) in [5.74, 6) is 0. The van der Waals surface area contributed by atoms with Crippen molar-refractivity contribution < 1.29 is 4.74 Å². The van der Waals surface area contributed by atoms with Crippen LogP contribution in [0.3, 0.4) is 0 Å². The summed E-state index contributed by atoms with van der Waals surface area (Å²) >= 11 is 6.26. The van der Waals surface area contributed by atoms with Crippen molar-refractivity contribution in [2.24, 2.45) is 0 Å². The first-order valence-electron chi connectivity index (χ1n) is 9.57. The molecule has 2 heterocycles. The summed E-state index contributed by atoms with van der Waals surface area (Å²) in [6, 6.07) is 19.8. The normalized spacial score (nSPS) is 26.6. The fraction of sp³-hybridized carbons (Fsp3) is 0.391. The van der Waals surface area contributed by atoms with Gasteiger partial charge in [0, 0.05) is 23.7 Å². The van der Waals surface area contributed by atoms with Crippen LogP contribution in [0.25, 0.3) is 0 Å². The second-order valence-corrected chi connectivity index (χ2v) is 7.88. The molecule has 2 saturated heterocycles. The van der Waals surface area contributed by atoms with Gasteiger partial charge in [0.25, 0.3) is 0 Å². The number of nitrogens with zero attached hydrogens (tertiary/aromatic N) is 1. The molecule has 2 nitrogen and oxygen atoms in total. The Morgan fingerprint density at radius 2 is 1.73 bits per heavy atom. The van der Waals surface area contributed by atoms with E-state index < -0.39 is 0 Å². The van der Waals surface area contributed by atoms with E-state index in [0.717, 1.165) is 30.0 Å². The van der Waals surface area contributed by atoms with E-state index in [4.69, 9.17) is 16.3 Å². The Morgan fingerprint density at radius 3 is 2.38 bits per heavy atom. The summed E-state index contributed by atoms with van der Waals surface area (Å²) in [5, 5.41) is 0.757. The van der Waals surface area contributed by atoms with Crippen LogP contribution < -0.4 is 0 Å². The SMILES string of the molecule is C=CCN1[C@@H]2CC[C@H]1CC(OC(c1ccccc1)c1cccc(Cl)c1)C2. The molecule has 2 aromatic rings. The molecule has 0 amide bonds. The molecule has 4 rings (SSSR count). The largest absolute Gasteiger partial charge is 0.365 e. The smallest absolute Gasteiger partial charge is 0.108 e. The Kier molecular flexibility index (Phi) is 5.44. The maximum absolute atomic E-state index is 6.71. The second kappa shape index (κ2) is 7.96. The number of halogens is 1. The lowest BCUT2D eigenvalue weighted by molar-refractivity contribution is -0.0457. The highest BCUT2D eigenvalue weighted by atomic mass is 35.5. The summed E-state index contributed by atoms with van der Waals surface area (Å²) in [7, 11) is 0. The van der Waals surface area contributed by atoms with Gasteiger partial charge in [-0.2, -0.15) is 0 Å². The number of benzene rings is 2. The summed E-state index contributed by atoms with van der Waals surface area (Å²) < 4.78 is 6.71. The van der Waals surface area contributed by atoms with Gasteiger partial charge < -0.3 is 4.74 Å². The van der Waals surface area contributed by atoms with Crippen LogP contribution in [-0.2, 0) is 4.74 Å². The first-order valence-corrected chi connectivity index (χ1v) is 9.95. The fourth-order valence-electron chi connectivity index (χ4n) is 4.62. The van der Waals surface area contributed by atoms with E-state index in [1.807, 2.05) is 30.3 Å². The van der Waals surface area contributed by atoms with Gasteiger partial charge in [0.2, 0.25) is 0 Å². The van der Waals surface area contributed by atoms with Crippen LogP contribution in [0.2, 0.25) is 5.02 Å². The van der Waals surface area contributed by atoms with Gasteiger partial charge in [-0.25, -0.2) is 0 Å². The highest BCUT2D eigenvalue weighted by Crippen LogP contribution is 2.39. The van der Waals surface area contributed by atoms with Crippen LogP contribution in [0.15, 0.2) is 67.3 Å². The molecule has 2 aliphatic heterocycles. The van der Waals surface area contributed by atoms with Gasteiger partial charge in [-0.1, -0.05) is 60.1 Å². The van der Waals surface area contributed by atoms with Crippen LogP contribution in [-0.4, -0.2) is 29.6 Å². The average Bonchev–Trinajstić information content (AvgIpc) is 2.89. The van der Waals surface area contributed by atoms with Gasteiger partial charge in [0.15, 0.2) is 0 Å². The van der Waals surface area contributed by atoms with Gasteiger partial charge in [-0.05, 0) is 48.9 Å². The number of rotatable bonds is 6. The topological polar surface area (TPSA) is 12.5 Å². The van der Waals surface area contributed by atoms with Crippen molar-refractivity contribution in [3.8, 4) is 0 Å². The molecule has 0 N–H and O–H groups in total. The Hall–Kier alpha value is -1.61. The highest BCUT2D eigenvalue weighted by Gasteiger charge is 2.41. The van der Waals surface area contributed by atoms with E-state index in [0.29, 0.717) is 12.1 Å². The van der Waals surface area contributed by atoms with Crippen molar-refractivity contribution in [2.45, 2.75) is 50.0 Å². The van der Waals surface area contributed by atoms with Gasteiger partial charge in [-0.15, -0.1) is 6.58 Å². The van der Waals surface area contributed by atoms with Crippen molar-refractivity contribution in [2.75, 3.05) is 6.54 Å². The van der Waals surface area contributed by atoms with E-state index in [9.17, 15) is 0 Å². The van der Waals surface area contributed by atoms with E-state index in [1.54, 1.807) is 0 Å². The van der Waals surface area contributed by atoms with Gasteiger partial charge in [0.05, 0.1) is 6.10 Å². The Bertz CT molecular complexity index is 733. The lowest BCUT2D eigenvalue weighted by Crippen LogP contribution is -2.45. The molecule has 2 bridgehead atoms. The van der Waals surface area contributed by atoms with Crippen LogP contribution in [0.1, 0.15) is 42.9 Å². The monoisotopic (exact) mass is 367 g/mol. The Labute approximate surface area is 161 Å². The van der Waals surface area contributed by atoms with E-state index in [1.165, 1.54) is 18.4 Å². The molecule has 2 aliphatic rings. The zero-order valence-electron chi connectivity index (χ0n) is 15.1. The lowest BCUT2D eigenvalue weighted by Gasteiger charge is -2.39. The van der Waals surface area contributed by atoms with Crippen LogP contribution in [0, 0.1) is 0 Å². The third-order valence-corrected chi connectivity index (χ3v) is 6.00. The molecule has 0 aromatic heterocycles. The molecule has 4 atom stereocenters. The summed E-state index contributed by atoms with van der Waals surface area (Å²) in [4.78, 5) is 2.61. The standard InChI is InChI=1S/C23H26ClNO/c1-2-13-25-20-11-12-21(25)16-22(15-20)26-23(17-7-4-3-5-8-17)18-9-6-10-19(24)14-18/h2-10,14,20-23H,1,11-13,15-16H2/t20-,21+,22?,23?. The Morgan fingerprint density at radius 1 is 1.04 bits per heavy atom. The number of hydrogen-bond donors (Lipinski definition) is 0. The first-order chi connectivity index (χ1) is 12.7. The zero-order valence-corrected chi connectivity index (χ0v) is 15.8. The lowest BCUT2D eigenvalue weighted by atomic mass is 9.97. The van der Waals surface area contributed by atoms with E-state index in [-0.39, 0.29) is 12.2 Å². The third kappa shape index (κ3) is 3.73. The van der Waals surface area contributed by atoms with Crippen molar-refractivity contribution >= 4 is 11.6 Å². The molecule has 136 valence electrons. The molecule has 0 radical (unpaired) electrons. The number of fused-ring (bicyclic) bond motifs is 2. The van der Waals surface area contributed by atoms with Crippen LogP contribution in [0.4, 0.5) is 0 Å². The fourth-order valence-corrected chi connectivity index (χ4v) is 4.82. The minimum atomic E-state index is -0.0646. The number of ether oxygens (including phenoxy) is 1. The maximum atomic E-state index is 6.71. The van der Waals surface area contributed by atoms with Crippen molar-refractivity contribution in [1.82, 2.24) is 4.90 Å². The van der Waals surface area contributed by atoms with Crippen molar-refractivity contribution in [3.05, 3.63) is 83.4 Å². The predicted molar refractivity (Wildman–Crippen MR) is 108 cm³/mol. The molecule has 0 spiro atoms. The van der Waals surface area contributed by atoms with Gasteiger partial charge in [0.1, 0.15) is 6.10 Å². The molecule has 26 heavy (non-hydrogen) atoms. The van der Waals surface area contributed by atoms with E-state index >= 15 is 0 Å². The van der Waals surface area contributed by atoms with E-state index in [2.05, 4.69) is 41.8 Å². The summed E-state index contributed by atoms with van der Waals surface area (Å²) in [5.41, 5.74) is 2.32. The van der Waals surface area contributed by atoms with Gasteiger partial charge in [-0.3, -0.25) is 4.90 Å². The second-order valence-electron chi connectivity index (χ2n) is 7.45. The third-order valence-electron chi connectivity index (χ3n) is 5.76.